The standard InChI is InChI=1S/C10H16N2O3/c1-2-5-9(13)12-8(10(14)15)6-3-4-7-11/h5,8H,1,3-4,6-7,11H2,(H,12,13)(H,14,15). The highest BCUT2D eigenvalue weighted by atomic mass is 16.4. The van der Waals surface area contributed by atoms with Crippen molar-refractivity contribution in [3.63, 3.8) is 0 Å². The first-order chi connectivity index (χ1) is 7.11. The van der Waals surface area contributed by atoms with Gasteiger partial charge in [0.05, 0.1) is 0 Å². The van der Waals surface area contributed by atoms with E-state index in [9.17, 15) is 9.59 Å². The molecule has 0 aliphatic carbocycles. The van der Waals surface area contributed by atoms with Gasteiger partial charge in [0.15, 0.2) is 0 Å². The minimum Gasteiger partial charge on any atom is -0.480 e. The van der Waals surface area contributed by atoms with E-state index in [1.807, 2.05) is 0 Å². The van der Waals surface area contributed by atoms with Crippen LogP contribution in [0.2, 0.25) is 0 Å². The molecule has 0 fully saturated rings. The molecule has 0 aliphatic heterocycles. The fourth-order valence-electron chi connectivity index (χ4n) is 1.06. The molecule has 0 aromatic rings. The number of nitrogens with two attached hydrogens (primary N) is 1. The van der Waals surface area contributed by atoms with Crippen LogP contribution in [-0.4, -0.2) is 29.6 Å². The van der Waals surface area contributed by atoms with Gasteiger partial charge in [0.1, 0.15) is 6.04 Å². The number of hydrogen-bond acceptors (Lipinski definition) is 3. The molecule has 0 radical (unpaired) electrons. The Morgan fingerprint density at radius 3 is 2.67 bits per heavy atom. The number of carboxylic acids is 1. The van der Waals surface area contributed by atoms with Gasteiger partial charge in [-0.1, -0.05) is 6.58 Å². The van der Waals surface area contributed by atoms with Gasteiger partial charge in [-0.15, -0.1) is 5.73 Å². The maximum Gasteiger partial charge on any atom is 0.326 e. The molecule has 84 valence electrons. The Morgan fingerprint density at radius 1 is 1.53 bits per heavy atom. The van der Waals surface area contributed by atoms with Gasteiger partial charge in [-0.2, -0.15) is 0 Å². The average molecular weight is 212 g/mol. The molecule has 15 heavy (non-hydrogen) atoms. The van der Waals surface area contributed by atoms with Gasteiger partial charge in [-0.25, -0.2) is 4.79 Å². The summed E-state index contributed by atoms with van der Waals surface area (Å²) in [6.45, 7) is 3.74. The maximum atomic E-state index is 11.0. The van der Waals surface area contributed by atoms with Crippen molar-refractivity contribution >= 4 is 11.9 Å². The summed E-state index contributed by atoms with van der Waals surface area (Å²) >= 11 is 0. The number of unbranched alkanes of at least 4 members (excludes halogenated alkanes) is 1. The van der Waals surface area contributed by atoms with Gasteiger partial charge in [-0.05, 0) is 25.8 Å². The summed E-state index contributed by atoms with van der Waals surface area (Å²) in [5.74, 6) is -1.54. The van der Waals surface area contributed by atoms with Crippen LogP contribution in [0.15, 0.2) is 18.4 Å². The van der Waals surface area contributed by atoms with Crippen molar-refractivity contribution < 1.29 is 14.7 Å². The third kappa shape index (κ3) is 6.49. The molecule has 0 bridgehead atoms. The third-order valence-electron chi connectivity index (χ3n) is 1.79. The Bertz CT molecular complexity index is 270. The molecule has 0 aromatic heterocycles. The molecule has 4 N–H and O–H groups in total. The van der Waals surface area contributed by atoms with Gasteiger partial charge in [-0.3, -0.25) is 4.79 Å². The Hall–Kier alpha value is -1.58. The van der Waals surface area contributed by atoms with Crippen molar-refractivity contribution in [1.29, 1.82) is 0 Å². The second-order valence-electron chi connectivity index (χ2n) is 3.03. The quantitative estimate of drug-likeness (QED) is 0.315. The predicted octanol–water partition coefficient (Wildman–Crippen LogP) is 0.0259. The Kier molecular flexibility index (Phi) is 6.97. The highest BCUT2D eigenvalue weighted by Crippen LogP contribution is 2.00. The molecule has 1 unspecified atom stereocenters. The van der Waals surface area contributed by atoms with E-state index in [0.29, 0.717) is 19.4 Å². The molecule has 0 aromatic carbocycles. The molecule has 5 nitrogen and oxygen atoms in total. The van der Waals surface area contributed by atoms with Crippen molar-refractivity contribution in [2.75, 3.05) is 6.54 Å². The van der Waals surface area contributed by atoms with E-state index in [2.05, 4.69) is 17.6 Å². The number of rotatable bonds is 7. The monoisotopic (exact) mass is 212 g/mol. The van der Waals surface area contributed by atoms with Crippen molar-refractivity contribution in [2.24, 2.45) is 5.73 Å². The lowest BCUT2D eigenvalue weighted by atomic mass is 10.1. The number of aliphatic carboxylic acids is 1. The first-order valence-electron chi connectivity index (χ1n) is 4.71. The second-order valence-corrected chi connectivity index (χ2v) is 3.03. The van der Waals surface area contributed by atoms with Gasteiger partial charge < -0.3 is 16.2 Å². The topological polar surface area (TPSA) is 92.4 Å². The zero-order chi connectivity index (χ0) is 11.7. The van der Waals surface area contributed by atoms with Crippen LogP contribution in [0.4, 0.5) is 0 Å². The Labute approximate surface area is 88.7 Å². The number of amides is 1. The number of carbonyl (C=O) groups is 2. The molecule has 5 heteroatoms. The van der Waals surface area contributed by atoms with Crippen LogP contribution < -0.4 is 11.1 Å². The van der Waals surface area contributed by atoms with Gasteiger partial charge in [0, 0.05) is 6.08 Å². The lowest BCUT2D eigenvalue weighted by Crippen LogP contribution is -2.39. The van der Waals surface area contributed by atoms with E-state index in [-0.39, 0.29) is 0 Å². The lowest BCUT2D eigenvalue weighted by Gasteiger charge is -2.12. The largest absolute Gasteiger partial charge is 0.480 e. The average Bonchev–Trinajstić information content (AvgIpc) is 2.16. The summed E-state index contributed by atoms with van der Waals surface area (Å²) < 4.78 is 0. The summed E-state index contributed by atoms with van der Waals surface area (Å²) in [5, 5.41) is 11.1. The van der Waals surface area contributed by atoms with E-state index >= 15 is 0 Å². The fraction of sp³-hybridized carbons (Fsp3) is 0.500. The summed E-state index contributed by atoms with van der Waals surface area (Å²) in [4.78, 5) is 21.8. The van der Waals surface area contributed by atoms with Crippen LogP contribution in [0.3, 0.4) is 0 Å². The van der Waals surface area contributed by atoms with Crippen LogP contribution in [-0.2, 0) is 9.59 Å². The van der Waals surface area contributed by atoms with Gasteiger partial charge >= 0.3 is 5.97 Å². The molecule has 0 heterocycles. The molecular weight excluding hydrogens is 196 g/mol. The molecule has 0 saturated carbocycles. The van der Waals surface area contributed by atoms with E-state index in [1.54, 1.807) is 0 Å². The minimum absolute atomic E-state index is 0.378. The molecule has 1 atom stereocenters. The summed E-state index contributed by atoms with van der Waals surface area (Å²) in [5.41, 5.74) is 7.56. The van der Waals surface area contributed by atoms with Crippen molar-refractivity contribution in [3.8, 4) is 0 Å². The normalized spacial score (nSPS) is 11.3. The maximum absolute atomic E-state index is 11.0. The minimum atomic E-state index is -1.04. The van der Waals surface area contributed by atoms with Gasteiger partial charge in [0.25, 0.3) is 5.91 Å². The van der Waals surface area contributed by atoms with Gasteiger partial charge in [0.2, 0.25) is 0 Å². The van der Waals surface area contributed by atoms with Crippen LogP contribution >= 0.6 is 0 Å². The predicted molar refractivity (Wildman–Crippen MR) is 56.2 cm³/mol. The molecular formula is C10H16N2O3. The lowest BCUT2D eigenvalue weighted by molar-refractivity contribution is -0.141. The summed E-state index contributed by atoms with van der Waals surface area (Å²) in [6.07, 6.45) is 2.87. The molecule has 0 saturated heterocycles. The van der Waals surface area contributed by atoms with Crippen molar-refractivity contribution in [3.05, 3.63) is 18.4 Å². The number of nitrogens with one attached hydrogen (secondary N) is 1. The zero-order valence-electron chi connectivity index (χ0n) is 8.53. The highest BCUT2D eigenvalue weighted by molar-refractivity contribution is 5.90. The fourth-order valence-corrected chi connectivity index (χ4v) is 1.06. The summed E-state index contributed by atoms with van der Waals surface area (Å²) in [7, 11) is 0. The zero-order valence-corrected chi connectivity index (χ0v) is 8.53. The second kappa shape index (κ2) is 7.79. The van der Waals surface area contributed by atoms with E-state index in [0.717, 1.165) is 12.5 Å². The van der Waals surface area contributed by atoms with Crippen molar-refractivity contribution in [1.82, 2.24) is 5.32 Å². The molecule has 0 spiro atoms. The molecule has 1 amide bonds. The Morgan fingerprint density at radius 2 is 2.20 bits per heavy atom. The molecule has 0 aliphatic rings. The first kappa shape index (κ1) is 13.4. The van der Waals surface area contributed by atoms with Crippen molar-refractivity contribution in [2.45, 2.75) is 25.3 Å². The number of hydrogen-bond donors (Lipinski definition) is 3. The number of carboxylic acid groups (broad SMARTS) is 1. The SMILES string of the molecule is C=C=CC(=O)NC(CCCCN)C(=O)O. The number of carbonyl (C=O) groups excluding carboxylic acids is 1. The van der Waals surface area contributed by atoms with E-state index < -0.39 is 17.9 Å². The van der Waals surface area contributed by atoms with E-state index in [4.69, 9.17) is 10.8 Å². The first-order valence-corrected chi connectivity index (χ1v) is 4.71. The summed E-state index contributed by atoms with van der Waals surface area (Å²) in [6, 6.07) is -0.867. The van der Waals surface area contributed by atoms with Crippen LogP contribution in [0, 0.1) is 0 Å². The third-order valence-corrected chi connectivity index (χ3v) is 1.79. The Balaban J connectivity index is 4.09. The smallest absolute Gasteiger partial charge is 0.326 e. The van der Waals surface area contributed by atoms with Crippen LogP contribution in [0.1, 0.15) is 19.3 Å². The van der Waals surface area contributed by atoms with E-state index in [1.165, 1.54) is 0 Å². The van der Waals surface area contributed by atoms with Crippen LogP contribution in [0.5, 0.6) is 0 Å². The highest BCUT2D eigenvalue weighted by Gasteiger charge is 2.17. The molecule has 0 rings (SSSR count). The van der Waals surface area contributed by atoms with Crippen LogP contribution in [0.25, 0.3) is 0 Å².